The van der Waals surface area contributed by atoms with Crippen LogP contribution in [0.15, 0.2) is 58.4 Å². The highest BCUT2D eigenvalue weighted by atomic mass is 35.5. The average molecular weight is 364 g/mol. The Kier molecular flexibility index (Phi) is 5.11. The van der Waals surface area contributed by atoms with Crippen molar-refractivity contribution in [2.75, 3.05) is 5.43 Å². The third-order valence-corrected chi connectivity index (χ3v) is 4.07. The molecule has 3 aromatic rings. The van der Waals surface area contributed by atoms with Crippen LogP contribution in [0.25, 0.3) is 11.3 Å². The van der Waals surface area contributed by atoms with E-state index in [2.05, 4.69) is 20.5 Å². The van der Waals surface area contributed by atoms with Crippen LogP contribution < -0.4 is 11.0 Å². The summed E-state index contributed by atoms with van der Waals surface area (Å²) in [7, 11) is 0. The molecule has 0 atom stereocenters. The minimum atomic E-state index is -0.530. The van der Waals surface area contributed by atoms with E-state index in [1.807, 2.05) is 43.3 Å². The number of anilines is 1. The second-order valence-electron chi connectivity index (χ2n) is 5.49. The molecule has 2 N–H and O–H groups in total. The molecular weight excluding hydrogens is 350 g/mol. The summed E-state index contributed by atoms with van der Waals surface area (Å²) in [6, 6.07) is 16.5. The molecule has 3 rings (SSSR count). The average Bonchev–Trinajstić information content (AvgIpc) is 2.65. The number of nitrogens with one attached hydrogen (secondary N) is 2. The molecule has 1 heterocycles. The van der Waals surface area contributed by atoms with E-state index in [-0.39, 0.29) is 11.5 Å². The lowest BCUT2D eigenvalue weighted by Crippen LogP contribution is -2.16. The number of halogens is 1. The molecule has 128 valence electrons. The van der Waals surface area contributed by atoms with Gasteiger partial charge in [-0.1, -0.05) is 54.1 Å². The van der Waals surface area contributed by atoms with Gasteiger partial charge in [0, 0.05) is 10.6 Å². The Bertz CT molecular complexity index is 1070. The molecule has 2 aromatic carbocycles. The van der Waals surface area contributed by atoms with Crippen molar-refractivity contribution < 1.29 is 0 Å². The SMILES string of the molecule is Cc1ccc(C=NNc2nc(-c3ccccc3)c(C#N)c(=O)[nH]2)cc1Cl. The van der Waals surface area contributed by atoms with E-state index in [4.69, 9.17) is 11.6 Å². The fourth-order valence-corrected chi connectivity index (χ4v) is 2.48. The first-order valence-corrected chi connectivity index (χ1v) is 8.11. The Morgan fingerprint density at radius 2 is 2.04 bits per heavy atom. The highest BCUT2D eigenvalue weighted by molar-refractivity contribution is 6.31. The van der Waals surface area contributed by atoms with Crippen LogP contribution in [0.2, 0.25) is 5.02 Å². The molecule has 0 fully saturated rings. The maximum Gasteiger partial charge on any atom is 0.270 e. The van der Waals surface area contributed by atoms with Crippen molar-refractivity contribution in [3.8, 4) is 17.3 Å². The van der Waals surface area contributed by atoms with Gasteiger partial charge in [0.05, 0.1) is 11.9 Å². The molecule has 6 nitrogen and oxygen atoms in total. The molecule has 1 aromatic heterocycles. The summed E-state index contributed by atoms with van der Waals surface area (Å²) in [5.74, 6) is 0.141. The number of hydrogen-bond acceptors (Lipinski definition) is 5. The molecule has 26 heavy (non-hydrogen) atoms. The normalized spacial score (nSPS) is 10.7. The van der Waals surface area contributed by atoms with E-state index < -0.39 is 5.56 Å². The molecule has 7 heteroatoms. The van der Waals surface area contributed by atoms with Gasteiger partial charge in [-0.05, 0) is 24.1 Å². The van der Waals surface area contributed by atoms with Gasteiger partial charge in [0.15, 0.2) is 0 Å². The van der Waals surface area contributed by atoms with Crippen LogP contribution in [0, 0.1) is 18.3 Å². The summed E-state index contributed by atoms with van der Waals surface area (Å²) in [5.41, 5.74) is 4.85. The van der Waals surface area contributed by atoms with Crippen LogP contribution in [0.3, 0.4) is 0 Å². The lowest BCUT2D eigenvalue weighted by Gasteiger charge is -2.06. The predicted octanol–water partition coefficient (Wildman–Crippen LogP) is 3.72. The number of aryl methyl sites for hydroxylation is 1. The summed E-state index contributed by atoms with van der Waals surface area (Å²) in [6.07, 6.45) is 1.56. The van der Waals surface area contributed by atoms with Gasteiger partial charge >= 0.3 is 0 Å². The Morgan fingerprint density at radius 3 is 2.73 bits per heavy atom. The molecule has 0 radical (unpaired) electrons. The molecule has 0 spiro atoms. The van der Waals surface area contributed by atoms with E-state index >= 15 is 0 Å². The smallest absolute Gasteiger partial charge is 0.270 e. The number of rotatable bonds is 4. The van der Waals surface area contributed by atoms with Crippen LogP contribution in [0.4, 0.5) is 5.95 Å². The van der Waals surface area contributed by atoms with Gasteiger partial charge in [0.25, 0.3) is 5.56 Å². The summed E-state index contributed by atoms with van der Waals surface area (Å²) in [5, 5.41) is 14.0. The number of nitriles is 1. The molecule has 0 amide bonds. The molecule has 0 aliphatic rings. The number of nitrogens with zero attached hydrogens (tertiary/aromatic N) is 3. The van der Waals surface area contributed by atoms with E-state index in [0.717, 1.165) is 11.1 Å². The fraction of sp³-hybridized carbons (Fsp3) is 0.0526. The quantitative estimate of drug-likeness (QED) is 0.545. The third kappa shape index (κ3) is 3.79. The zero-order valence-electron chi connectivity index (χ0n) is 13.8. The van der Waals surface area contributed by atoms with Crippen molar-refractivity contribution in [2.24, 2.45) is 5.10 Å². The number of aromatic amines is 1. The number of hydrazone groups is 1. The van der Waals surface area contributed by atoms with Gasteiger partial charge in [-0.2, -0.15) is 10.4 Å². The van der Waals surface area contributed by atoms with Crippen LogP contribution in [-0.4, -0.2) is 16.2 Å². The highest BCUT2D eigenvalue weighted by Crippen LogP contribution is 2.19. The van der Waals surface area contributed by atoms with Crippen LogP contribution >= 0.6 is 11.6 Å². The number of hydrogen-bond donors (Lipinski definition) is 2. The second kappa shape index (κ2) is 7.64. The van der Waals surface area contributed by atoms with Gasteiger partial charge in [-0.3, -0.25) is 9.78 Å². The maximum absolute atomic E-state index is 12.2. The van der Waals surface area contributed by atoms with Gasteiger partial charge in [0.2, 0.25) is 5.95 Å². The van der Waals surface area contributed by atoms with Gasteiger partial charge in [-0.25, -0.2) is 10.4 Å². The van der Waals surface area contributed by atoms with E-state index in [9.17, 15) is 10.1 Å². The van der Waals surface area contributed by atoms with Gasteiger partial charge in [-0.15, -0.1) is 0 Å². The zero-order chi connectivity index (χ0) is 18.5. The molecule has 0 aliphatic carbocycles. The maximum atomic E-state index is 12.2. The van der Waals surface area contributed by atoms with Crippen molar-refractivity contribution in [3.05, 3.63) is 80.6 Å². The standard InChI is InChI=1S/C19H14ClN5O/c1-12-7-8-13(9-16(12)20)11-22-25-19-23-17(14-5-3-2-4-6-14)15(10-21)18(26)24-19/h2-9,11H,1H3,(H2,23,24,25,26). The first-order chi connectivity index (χ1) is 12.6. The topological polar surface area (TPSA) is 93.9 Å². The lowest BCUT2D eigenvalue weighted by molar-refractivity contribution is 1.08. The Morgan fingerprint density at radius 1 is 1.27 bits per heavy atom. The predicted molar refractivity (Wildman–Crippen MR) is 102 cm³/mol. The third-order valence-electron chi connectivity index (χ3n) is 3.66. The first kappa shape index (κ1) is 17.4. The fourth-order valence-electron chi connectivity index (χ4n) is 2.29. The van der Waals surface area contributed by atoms with Crippen LogP contribution in [0.1, 0.15) is 16.7 Å². The summed E-state index contributed by atoms with van der Waals surface area (Å²) < 4.78 is 0. The molecule has 0 unspecified atom stereocenters. The summed E-state index contributed by atoms with van der Waals surface area (Å²) in [6.45, 7) is 1.91. The van der Waals surface area contributed by atoms with E-state index in [0.29, 0.717) is 16.3 Å². The molecule has 0 saturated carbocycles. The first-order valence-electron chi connectivity index (χ1n) is 7.73. The van der Waals surface area contributed by atoms with Crippen molar-refractivity contribution >= 4 is 23.8 Å². The Balaban J connectivity index is 1.90. The van der Waals surface area contributed by atoms with Crippen molar-refractivity contribution in [2.45, 2.75) is 6.92 Å². The summed E-state index contributed by atoms with van der Waals surface area (Å²) >= 11 is 6.08. The molecular formula is C19H14ClN5O. The number of aromatic nitrogens is 2. The number of H-pyrrole nitrogens is 1. The number of benzene rings is 2. The van der Waals surface area contributed by atoms with E-state index in [1.165, 1.54) is 0 Å². The lowest BCUT2D eigenvalue weighted by atomic mass is 10.1. The minimum absolute atomic E-state index is 0.0453. The Labute approximate surface area is 154 Å². The van der Waals surface area contributed by atoms with Crippen LogP contribution in [-0.2, 0) is 0 Å². The Hall–Kier alpha value is -3.43. The molecule has 0 saturated heterocycles. The van der Waals surface area contributed by atoms with Crippen molar-refractivity contribution in [1.29, 1.82) is 5.26 Å². The van der Waals surface area contributed by atoms with Crippen molar-refractivity contribution in [3.63, 3.8) is 0 Å². The van der Waals surface area contributed by atoms with Gasteiger partial charge < -0.3 is 0 Å². The van der Waals surface area contributed by atoms with Crippen LogP contribution in [0.5, 0.6) is 0 Å². The van der Waals surface area contributed by atoms with Gasteiger partial charge in [0.1, 0.15) is 11.6 Å². The largest absolute Gasteiger partial charge is 0.290 e. The monoisotopic (exact) mass is 363 g/mol. The summed E-state index contributed by atoms with van der Waals surface area (Å²) in [4.78, 5) is 19.0. The second-order valence-corrected chi connectivity index (χ2v) is 5.90. The van der Waals surface area contributed by atoms with Crippen molar-refractivity contribution in [1.82, 2.24) is 9.97 Å². The highest BCUT2D eigenvalue weighted by Gasteiger charge is 2.12. The van der Waals surface area contributed by atoms with E-state index in [1.54, 1.807) is 24.4 Å². The molecule has 0 aliphatic heterocycles. The molecule has 0 bridgehead atoms. The zero-order valence-corrected chi connectivity index (χ0v) is 14.6. The minimum Gasteiger partial charge on any atom is -0.290 e.